The molecular formula is C23H24ClN5O2. The number of fused-ring (bicyclic) bond motifs is 1. The van der Waals surface area contributed by atoms with Crippen LogP contribution < -0.4 is 0 Å². The van der Waals surface area contributed by atoms with Crippen LogP contribution in [-0.4, -0.2) is 55.7 Å². The molecule has 2 fully saturated rings. The van der Waals surface area contributed by atoms with E-state index in [-0.39, 0.29) is 24.3 Å². The van der Waals surface area contributed by atoms with Crippen LogP contribution in [-0.2, 0) is 16.0 Å². The van der Waals surface area contributed by atoms with Crippen LogP contribution >= 0.6 is 11.6 Å². The largest absolute Gasteiger partial charge is 0.339 e. The van der Waals surface area contributed by atoms with E-state index < -0.39 is 6.04 Å². The van der Waals surface area contributed by atoms with E-state index in [2.05, 4.69) is 15.0 Å². The molecule has 8 heteroatoms. The number of carbonyl (C=O) groups is 2. The molecule has 0 radical (unpaired) electrons. The molecule has 0 spiro atoms. The molecule has 4 heterocycles. The van der Waals surface area contributed by atoms with Crippen LogP contribution in [0.2, 0.25) is 5.02 Å². The van der Waals surface area contributed by atoms with Crippen LogP contribution in [0.25, 0.3) is 11.0 Å². The van der Waals surface area contributed by atoms with E-state index in [1.54, 1.807) is 29.4 Å². The standard InChI is InChI=1S/C23H24ClN5O2/c24-16-5-1-4-15(12-16)13-21(30)28-10-3-7-20(28)23(31)29-11-2-6-19(29)22-26-17-8-9-25-14-18(17)27-22/h1,4-5,8-9,12,14,19-20H,2-3,6-7,10-11,13H2,(H,26,27). The zero-order chi connectivity index (χ0) is 21.4. The predicted molar refractivity (Wildman–Crippen MR) is 117 cm³/mol. The summed E-state index contributed by atoms with van der Waals surface area (Å²) >= 11 is 6.06. The number of H-pyrrole nitrogens is 1. The lowest BCUT2D eigenvalue weighted by molar-refractivity contribution is -0.144. The first kappa shape index (κ1) is 20.0. The van der Waals surface area contributed by atoms with Gasteiger partial charge in [-0.1, -0.05) is 23.7 Å². The van der Waals surface area contributed by atoms with Crippen molar-refractivity contribution in [2.24, 2.45) is 0 Å². The molecule has 2 saturated heterocycles. The number of amides is 2. The van der Waals surface area contributed by atoms with Gasteiger partial charge < -0.3 is 14.8 Å². The Hall–Kier alpha value is -2.93. The van der Waals surface area contributed by atoms with Crippen molar-refractivity contribution in [2.75, 3.05) is 13.1 Å². The number of likely N-dealkylation sites (tertiary alicyclic amines) is 2. The highest BCUT2D eigenvalue weighted by atomic mass is 35.5. The molecule has 0 saturated carbocycles. The minimum Gasteiger partial charge on any atom is -0.339 e. The molecule has 2 aliphatic heterocycles. The number of halogens is 1. The van der Waals surface area contributed by atoms with E-state index in [9.17, 15) is 9.59 Å². The summed E-state index contributed by atoms with van der Waals surface area (Å²) in [6.45, 7) is 1.30. The summed E-state index contributed by atoms with van der Waals surface area (Å²) < 4.78 is 0. The minimum absolute atomic E-state index is 0.0244. The summed E-state index contributed by atoms with van der Waals surface area (Å²) in [5.74, 6) is 0.797. The van der Waals surface area contributed by atoms with Gasteiger partial charge in [0.25, 0.3) is 0 Å². The van der Waals surface area contributed by atoms with Gasteiger partial charge in [0.2, 0.25) is 11.8 Å². The normalized spacial score (nSPS) is 21.2. The maximum absolute atomic E-state index is 13.5. The number of benzene rings is 1. The highest BCUT2D eigenvalue weighted by Crippen LogP contribution is 2.34. The van der Waals surface area contributed by atoms with Crippen molar-refractivity contribution in [3.63, 3.8) is 0 Å². The second-order valence-electron chi connectivity index (χ2n) is 8.26. The fourth-order valence-corrected chi connectivity index (χ4v) is 5.00. The number of aromatic nitrogens is 3. The van der Waals surface area contributed by atoms with E-state index in [1.807, 2.05) is 23.1 Å². The van der Waals surface area contributed by atoms with Gasteiger partial charge in [0, 0.05) is 24.3 Å². The maximum atomic E-state index is 13.5. The predicted octanol–water partition coefficient (Wildman–Crippen LogP) is 3.51. The number of aromatic amines is 1. The van der Waals surface area contributed by atoms with E-state index in [0.717, 1.165) is 41.7 Å². The van der Waals surface area contributed by atoms with Gasteiger partial charge in [-0.25, -0.2) is 4.98 Å². The molecule has 3 aromatic rings. The fourth-order valence-electron chi connectivity index (χ4n) is 4.79. The zero-order valence-electron chi connectivity index (χ0n) is 17.1. The Balaban J connectivity index is 1.33. The average molecular weight is 438 g/mol. The average Bonchev–Trinajstić information content (AvgIpc) is 3.51. The number of hydrogen-bond donors (Lipinski definition) is 1. The SMILES string of the molecule is O=C(Cc1cccc(Cl)c1)N1CCCC1C(=O)N1CCCC1c1nc2ccncc2[nH]1. The van der Waals surface area contributed by atoms with Gasteiger partial charge in [-0.3, -0.25) is 14.6 Å². The fraction of sp³-hybridized carbons (Fsp3) is 0.391. The second kappa shape index (κ2) is 8.30. The molecule has 2 amide bonds. The number of imidazole rings is 1. The molecule has 5 rings (SSSR count). The van der Waals surface area contributed by atoms with Gasteiger partial charge in [-0.15, -0.1) is 0 Å². The van der Waals surface area contributed by atoms with Crippen LogP contribution in [0.3, 0.4) is 0 Å². The Morgan fingerprint density at radius 1 is 1.13 bits per heavy atom. The molecule has 1 aromatic carbocycles. The number of hydrogen-bond acceptors (Lipinski definition) is 4. The Bertz CT molecular complexity index is 1100. The van der Waals surface area contributed by atoms with Gasteiger partial charge >= 0.3 is 0 Å². The summed E-state index contributed by atoms with van der Waals surface area (Å²) in [6.07, 6.45) is 7.05. The van der Waals surface area contributed by atoms with E-state index in [0.29, 0.717) is 24.5 Å². The molecule has 2 aromatic heterocycles. The van der Waals surface area contributed by atoms with Gasteiger partial charge in [0.15, 0.2) is 0 Å². The molecule has 160 valence electrons. The third-order valence-electron chi connectivity index (χ3n) is 6.26. The first-order valence-corrected chi connectivity index (χ1v) is 11.1. The number of pyridine rings is 1. The van der Waals surface area contributed by atoms with Crippen molar-refractivity contribution in [2.45, 2.75) is 44.2 Å². The number of nitrogens with one attached hydrogen (secondary N) is 1. The number of nitrogens with zero attached hydrogens (tertiary/aromatic N) is 4. The third-order valence-corrected chi connectivity index (χ3v) is 6.49. The quantitative estimate of drug-likeness (QED) is 0.677. The van der Waals surface area contributed by atoms with Gasteiger partial charge in [0.1, 0.15) is 11.9 Å². The van der Waals surface area contributed by atoms with Gasteiger partial charge in [-0.05, 0) is 49.4 Å². The number of rotatable bonds is 4. The molecule has 0 bridgehead atoms. The van der Waals surface area contributed by atoms with E-state index in [1.165, 1.54) is 0 Å². The Kier molecular flexibility index (Phi) is 5.36. The van der Waals surface area contributed by atoms with Crippen molar-refractivity contribution in [3.8, 4) is 0 Å². The van der Waals surface area contributed by atoms with Crippen LogP contribution in [0.15, 0.2) is 42.7 Å². The third kappa shape index (κ3) is 3.90. The van der Waals surface area contributed by atoms with Crippen LogP contribution in [0.4, 0.5) is 0 Å². The molecule has 31 heavy (non-hydrogen) atoms. The van der Waals surface area contributed by atoms with Crippen molar-refractivity contribution in [1.82, 2.24) is 24.8 Å². The lowest BCUT2D eigenvalue weighted by Gasteiger charge is -2.31. The molecule has 7 nitrogen and oxygen atoms in total. The summed E-state index contributed by atoms with van der Waals surface area (Å²) in [5.41, 5.74) is 2.59. The van der Waals surface area contributed by atoms with Crippen LogP contribution in [0.5, 0.6) is 0 Å². The van der Waals surface area contributed by atoms with Crippen molar-refractivity contribution in [1.29, 1.82) is 0 Å². The first-order valence-electron chi connectivity index (χ1n) is 10.7. The lowest BCUT2D eigenvalue weighted by atomic mass is 10.1. The van der Waals surface area contributed by atoms with E-state index >= 15 is 0 Å². The Labute approximate surface area is 185 Å². The topological polar surface area (TPSA) is 82.2 Å². The highest BCUT2D eigenvalue weighted by molar-refractivity contribution is 6.30. The molecule has 1 N–H and O–H groups in total. The van der Waals surface area contributed by atoms with Crippen LogP contribution in [0, 0.1) is 0 Å². The van der Waals surface area contributed by atoms with Crippen LogP contribution in [0.1, 0.15) is 43.1 Å². The molecule has 2 unspecified atom stereocenters. The zero-order valence-corrected chi connectivity index (χ0v) is 17.9. The summed E-state index contributed by atoms with van der Waals surface area (Å²) in [7, 11) is 0. The van der Waals surface area contributed by atoms with E-state index in [4.69, 9.17) is 11.6 Å². The Morgan fingerprint density at radius 2 is 1.97 bits per heavy atom. The minimum atomic E-state index is -0.404. The second-order valence-corrected chi connectivity index (χ2v) is 8.69. The molecular weight excluding hydrogens is 414 g/mol. The maximum Gasteiger partial charge on any atom is 0.245 e. The van der Waals surface area contributed by atoms with Crippen molar-refractivity contribution in [3.05, 3.63) is 59.1 Å². The lowest BCUT2D eigenvalue weighted by Crippen LogP contribution is -2.48. The molecule has 0 aliphatic carbocycles. The summed E-state index contributed by atoms with van der Waals surface area (Å²) in [6, 6.07) is 8.70. The Morgan fingerprint density at radius 3 is 2.81 bits per heavy atom. The molecule has 2 atom stereocenters. The molecule has 2 aliphatic rings. The first-order chi connectivity index (χ1) is 15.1. The number of carbonyl (C=O) groups excluding carboxylic acids is 2. The van der Waals surface area contributed by atoms with Crippen molar-refractivity contribution < 1.29 is 9.59 Å². The summed E-state index contributed by atoms with van der Waals surface area (Å²) in [4.78, 5) is 42.3. The summed E-state index contributed by atoms with van der Waals surface area (Å²) in [5, 5.41) is 0.611. The van der Waals surface area contributed by atoms with Gasteiger partial charge in [-0.2, -0.15) is 0 Å². The monoisotopic (exact) mass is 437 g/mol. The van der Waals surface area contributed by atoms with Gasteiger partial charge in [0.05, 0.1) is 29.7 Å². The smallest absolute Gasteiger partial charge is 0.245 e. The highest BCUT2D eigenvalue weighted by Gasteiger charge is 2.41. The van der Waals surface area contributed by atoms with Crippen molar-refractivity contribution >= 4 is 34.4 Å².